The Bertz CT molecular complexity index is 820. The van der Waals surface area contributed by atoms with Crippen molar-refractivity contribution in [3.63, 3.8) is 0 Å². The summed E-state index contributed by atoms with van der Waals surface area (Å²) in [5.41, 5.74) is 2.80. The third kappa shape index (κ3) is 4.70. The maximum Gasteiger partial charge on any atom is 0.224 e. The molecule has 0 radical (unpaired) electrons. The third-order valence-electron chi connectivity index (χ3n) is 4.18. The molecule has 1 aromatic carbocycles. The molecule has 1 N–H and O–H groups in total. The molecule has 0 aliphatic carbocycles. The normalized spacial score (nSPS) is 11.3. The van der Waals surface area contributed by atoms with Crippen LogP contribution >= 0.6 is 0 Å². The number of anilines is 1. The lowest BCUT2D eigenvalue weighted by molar-refractivity contribution is -0.116. The van der Waals surface area contributed by atoms with Crippen LogP contribution in [0.15, 0.2) is 49.1 Å². The molecule has 0 spiro atoms. The number of carbonyl (C=O) groups is 1. The summed E-state index contributed by atoms with van der Waals surface area (Å²) in [4.78, 5) is 18.7. The summed E-state index contributed by atoms with van der Waals surface area (Å²) in [5, 5.41) is 2.97. The fourth-order valence-electron chi connectivity index (χ4n) is 2.79. The summed E-state index contributed by atoms with van der Waals surface area (Å²) in [6.07, 6.45) is 7.21. The Labute approximate surface area is 148 Å². The van der Waals surface area contributed by atoms with Crippen LogP contribution in [0.4, 0.5) is 5.69 Å². The van der Waals surface area contributed by atoms with Crippen LogP contribution in [0.2, 0.25) is 0 Å². The second kappa shape index (κ2) is 7.98. The number of rotatable bonds is 8. The van der Waals surface area contributed by atoms with E-state index in [0.29, 0.717) is 6.42 Å². The number of nitrogens with zero attached hydrogens (tertiary/aromatic N) is 4. The number of amides is 1. The van der Waals surface area contributed by atoms with E-state index >= 15 is 0 Å². The first-order chi connectivity index (χ1) is 12.1. The zero-order chi connectivity index (χ0) is 17.6. The zero-order valence-electron chi connectivity index (χ0n) is 14.9. The molecular formula is C19H25N5O. The molecule has 0 fully saturated rings. The van der Waals surface area contributed by atoms with Crippen molar-refractivity contribution >= 4 is 22.6 Å². The van der Waals surface area contributed by atoms with Gasteiger partial charge in [-0.3, -0.25) is 4.79 Å². The van der Waals surface area contributed by atoms with E-state index in [1.807, 2.05) is 49.1 Å². The van der Waals surface area contributed by atoms with Gasteiger partial charge in [0.15, 0.2) is 0 Å². The molecule has 0 bridgehead atoms. The predicted molar refractivity (Wildman–Crippen MR) is 101 cm³/mol. The van der Waals surface area contributed by atoms with Crippen LogP contribution in [0.25, 0.3) is 11.0 Å². The minimum Gasteiger partial charge on any atom is -0.354 e. The number of hydrogen-bond acceptors (Lipinski definition) is 3. The minimum absolute atomic E-state index is 0.0403. The molecule has 3 rings (SSSR count). The Hall–Kier alpha value is -2.60. The van der Waals surface area contributed by atoms with Gasteiger partial charge in [-0.25, -0.2) is 4.98 Å². The predicted octanol–water partition coefficient (Wildman–Crippen LogP) is 2.82. The van der Waals surface area contributed by atoms with Gasteiger partial charge >= 0.3 is 0 Å². The lowest BCUT2D eigenvalue weighted by Gasteiger charge is -2.10. The quantitative estimate of drug-likeness (QED) is 0.686. The number of aromatic nitrogens is 3. The average Bonchev–Trinajstić information content (AvgIpc) is 3.22. The van der Waals surface area contributed by atoms with Crippen LogP contribution < -0.4 is 5.32 Å². The van der Waals surface area contributed by atoms with Gasteiger partial charge < -0.3 is 19.4 Å². The number of aryl methyl sites for hydroxylation is 1. The molecule has 0 aliphatic heterocycles. The Morgan fingerprint density at radius 3 is 2.76 bits per heavy atom. The van der Waals surface area contributed by atoms with E-state index < -0.39 is 0 Å². The summed E-state index contributed by atoms with van der Waals surface area (Å²) in [6.45, 7) is 2.72. The van der Waals surface area contributed by atoms with E-state index in [-0.39, 0.29) is 5.91 Å². The van der Waals surface area contributed by atoms with Gasteiger partial charge in [-0.1, -0.05) is 0 Å². The summed E-state index contributed by atoms with van der Waals surface area (Å²) in [6, 6.07) is 9.89. The second-order valence-electron chi connectivity index (χ2n) is 6.52. The van der Waals surface area contributed by atoms with Crippen molar-refractivity contribution in [2.75, 3.05) is 26.0 Å². The van der Waals surface area contributed by atoms with Crippen LogP contribution in [0, 0.1) is 0 Å². The van der Waals surface area contributed by atoms with Gasteiger partial charge in [0.05, 0.1) is 17.4 Å². The van der Waals surface area contributed by atoms with E-state index in [0.717, 1.165) is 42.8 Å². The van der Waals surface area contributed by atoms with E-state index in [2.05, 4.69) is 38.4 Å². The van der Waals surface area contributed by atoms with Crippen molar-refractivity contribution in [1.82, 2.24) is 19.0 Å². The molecule has 132 valence electrons. The van der Waals surface area contributed by atoms with Gasteiger partial charge in [0.1, 0.15) is 0 Å². The Kier molecular flexibility index (Phi) is 5.50. The van der Waals surface area contributed by atoms with Gasteiger partial charge in [0.2, 0.25) is 5.91 Å². The highest BCUT2D eigenvalue weighted by Crippen LogP contribution is 2.18. The Balaban J connectivity index is 1.55. The Morgan fingerprint density at radius 2 is 2.00 bits per heavy atom. The maximum atomic E-state index is 12.1. The lowest BCUT2D eigenvalue weighted by atomic mass is 10.2. The van der Waals surface area contributed by atoms with Gasteiger partial charge in [-0.05, 0) is 50.8 Å². The number of benzene rings is 1. The van der Waals surface area contributed by atoms with Crippen LogP contribution in [0.5, 0.6) is 0 Å². The van der Waals surface area contributed by atoms with Crippen molar-refractivity contribution in [3.8, 4) is 0 Å². The molecule has 0 unspecified atom stereocenters. The first-order valence-electron chi connectivity index (χ1n) is 8.62. The van der Waals surface area contributed by atoms with Crippen LogP contribution in [-0.2, 0) is 17.9 Å². The van der Waals surface area contributed by atoms with Crippen molar-refractivity contribution < 1.29 is 4.79 Å². The van der Waals surface area contributed by atoms with Crippen molar-refractivity contribution in [3.05, 3.63) is 49.1 Å². The first-order valence-corrected chi connectivity index (χ1v) is 8.62. The second-order valence-corrected chi connectivity index (χ2v) is 6.52. The van der Waals surface area contributed by atoms with Crippen molar-refractivity contribution in [2.24, 2.45) is 0 Å². The van der Waals surface area contributed by atoms with Crippen LogP contribution in [0.3, 0.4) is 0 Å². The summed E-state index contributed by atoms with van der Waals surface area (Å²) in [7, 11) is 4.12. The highest BCUT2D eigenvalue weighted by molar-refractivity contribution is 5.93. The van der Waals surface area contributed by atoms with Crippen molar-refractivity contribution in [2.45, 2.75) is 25.9 Å². The monoisotopic (exact) mass is 339 g/mol. The molecule has 2 heterocycles. The van der Waals surface area contributed by atoms with E-state index in [4.69, 9.17) is 0 Å². The molecule has 0 saturated heterocycles. The fraction of sp³-hybridized carbons (Fsp3) is 0.368. The molecule has 2 aromatic heterocycles. The van der Waals surface area contributed by atoms with Crippen molar-refractivity contribution in [1.29, 1.82) is 0 Å². The van der Waals surface area contributed by atoms with Gasteiger partial charge in [-0.15, -0.1) is 0 Å². The van der Waals surface area contributed by atoms with E-state index in [9.17, 15) is 4.79 Å². The van der Waals surface area contributed by atoms with Gasteiger partial charge in [0, 0.05) is 44.1 Å². The number of hydrogen-bond donors (Lipinski definition) is 1. The standard InChI is InChI=1S/C19H25N5O/c1-22(2)12-13-24-15-20-17-14-16(7-8-18(17)24)21-19(25)6-5-11-23-9-3-4-10-23/h3-4,7-10,14-15H,5-6,11-13H2,1-2H3,(H,21,25). The molecule has 0 saturated carbocycles. The third-order valence-corrected chi connectivity index (χ3v) is 4.18. The van der Waals surface area contributed by atoms with Gasteiger partial charge in [-0.2, -0.15) is 0 Å². The number of fused-ring (bicyclic) bond motifs is 1. The topological polar surface area (TPSA) is 55.1 Å². The minimum atomic E-state index is 0.0403. The molecule has 0 atom stereocenters. The summed E-state index contributed by atoms with van der Waals surface area (Å²) in [5.74, 6) is 0.0403. The maximum absolute atomic E-state index is 12.1. The molecule has 1 amide bonds. The van der Waals surface area contributed by atoms with Crippen LogP contribution in [-0.4, -0.2) is 45.6 Å². The average molecular weight is 339 g/mol. The van der Waals surface area contributed by atoms with E-state index in [1.54, 1.807) is 0 Å². The first kappa shape index (κ1) is 17.2. The summed E-state index contributed by atoms with van der Waals surface area (Å²) < 4.78 is 4.22. The lowest BCUT2D eigenvalue weighted by Crippen LogP contribution is -2.17. The molecular weight excluding hydrogens is 314 g/mol. The molecule has 6 nitrogen and oxygen atoms in total. The Morgan fingerprint density at radius 1 is 1.20 bits per heavy atom. The smallest absolute Gasteiger partial charge is 0.224 e. The number of nitrogens with one attached hydrogen (secondary N) is 1. The van der Waals surface area contributed by atoms with E-state index in [1.165, 1.54) is 0 Å². The summed E-state index contributed by atoms with van der Waals surface area (Å²) >= 11 is 0. The number of likely N-dealkylation sites (N-methyl/N-ethyl adjacent to an activating group) is 1. The molecule has 25 heavy (non-hydrogen) atoms. The molecule has 3 aromatic rings. The highest BCUT2D eigenvalue weighted by Gasteiger charge is 2.07. The largest absolute Gasteiger partial charge is 0.354 e. The molecule has 0 aliphatic rings. The van der Waals surface area contributed by atoms with Gasteiger partial charge in [0.25, 0.3) is 0 Å². The van der Waals surface area contributed by atoms with Crippen LogP contribution in [0.1, 0.15) is 12.8 Å². The fourth-order valence-corrected chi connectivity index (χ4v) is 2.79. The number of imidazole rings is 1. The zero-order valence-corrected chi connectivity index (χ0v) is 14.9. The number of carbonyl (C=O) groups excluding carboxylic acids is 1. The SMILES string of the molecule is CN(C)CCn1cnc2cc(NC(=O)CCCn3cccc3)ccc21. The highest BCUT2D eigenvalue weighted by atomic mass is 16.1. The molecule has 6 heteroatoms.